The molecule has 0 fully saturated rings. The number of nitrogens with zero attached hydrogens (tertiary/aromatic N) is 2. The van der Waals surface area contributed by atoms with Crippen LogP contribution in [0.5, 0.6) is 0 Å². The van der Waals surface area contributed by atoms with Gasteiger partial charge in [-0.3, -0.25) is 0 Å². The molecule has 1 heterocycles. The third-order valence-corrected chi connectivity index (χ3v) is 3.00. The second-order valence-electron chi connectivity index (χ2n) is 3.99. The van der Waals surface area contributed by atoms with Gasteiger partial charge in [0.25, 0.3) is 5.82 Å². The van der Waals surface area contributed by atoms with Gasteiger partial charge >= 0.3 is 5.97 Å². The summed E-state index contributed by atoms with van der Waals surface area (Å²) in [7, 11) is 2.00. The first-order valence-corrected chi connectivity index (χ1v) is 5.74. The molecule has 2 rings (SSSR count). The van der Waals surface area contributed by atoms with E-state index in [1.807, 2.05) is 49.7 Å². The van der Waals surface area contributed by atoms with E-state index in [9.17, 15) is 4.79 Å². The highest BCUT2D eigenvalue weighted by Crippen LogP contribution is 2.13. The van der Waals surface area contributed by atoms with Gasteiger partial charge in [-0.15, -0.1) is 0 Å². The number of para-hydroxylation sites is 2. The lowest BCUT2D eigenvalue weighted by Crippen LogP contribution is -3.00. The highest BCUT2D eigenvalue weighted by Gasteiger charge is 2.20. The Hall–Kier alpha value is -1.55. The Kier molecular flexibility index (Phi) is 4.73. The Morgan fingerprint density at radius 1 is 1.39 bits per heavy atom. The van der Waals surface area contributed by atoms with Crippen molar-refractivity contribution in [3.05, 3.63) is 30.1 Å². The molecule has 0 saturated carbocycles. The fraction of sp³-hybridized carbons (Fsp3) is 0.385. The van der Waals surface area contributed by atoms with Crippen LogP contribution in [0, 0.1) is 6.92 Å². The van der Waals surface area contributed by atoms with Gasteiger partial charge in [0.05, 0.1) is 13.7 Å². The molecule has 98 valence electrons. The molecule has 1 aromatic carbocycles. The molecule has 0 aliphatic heterocycles. The zero-order valence-electron chi connectivity index (χ0n) is 10.8. The Bertz CT molecular complexity index is 563. The molecular formula is C13H17ClN2O2. The summed E-state index contributed by atoms with van der Waals surface area (Å²) in [6, 6.07) is 8.03. The lowest BCUT2D eigenvalue weighted by atomic mass is 10.3. The van der Waals surface area contributed by atoms with E-state index in [1.165, 1.54) is 0 Å². The number of aryl methyl sites for hydroxylation is 1. The number of carbonyl (C=O) groups is 1. The van der Waals surface area contributed by atoms with Crippen LogP contribution in [-0.2, 0) is 23.1 Å². The van der Waals surface area contributed by atoms with E-state index < -0.39 is 0 Å². The van der Waals surface area contributed by atoms with Crippen molar-refractivity contribution < 1.29 is 26.5 Å². The van der Waals surface area contributed by atoms with Crippen molar-refractivity contribution in [2.75, 3.05) is 6.61 Å². The Morgan fingerprint density at radius 3 is 2.72 bits per heavy atom. The van der Waals surface area contributed by atoms with E-state index in [2.05, 4.69) is 4.57 Å². The van der Waals surface area contributed by atoms with Crippen LogP contribution in [0.1, 0.15) is 12.7 Å². The van der Waals surface area contributed by atoms with Gasteiger partial charge in [-0.25, -0.2) is 13.9 Å². The van der Waals surface area contributed by atoms with Gasteiger partial charge in [0.2, 0.25) is 0 Å². The van der Waals surface area contributed by atoms with Crippen molar-refractivity contribution in [3.8, 4) is 0 Å². The van der Waals surface area contributed by atoms with Crippen LogP contribution in [0.25, 0.3) is 11.0 Å². The number of hydrogen-bond donors (Lipinski definition) is 0. The molecule has 0 N–H and O–H groups in total. The van der Waals surface area contributed by atoms with Gasteiger partial charge in [-0.1, -0.05) is 12.1 Å². The second kappa shape index (κ2) is 5.87. The standard InChI is InChI=1S/C13H17N2O2.ClH/c1-4-17-13(16)9-15-10(2)14(3)11-7-5-6-8-12(11)15;/h5-8H,4,9H2,1-3H3;1H/q+1;/p-1. The molecule has 2 aromatic rings. The van der Waals surface area contributed by atoms with Gasteiger partial charge in [0.15, 0.2) is 17.6 Å². The lowest BCUT2D eigenvalue weighted by molar-refractivity contribution is -0.652. The van der Waals surface area contributed by atoms with Crippen LogP contribution < -0.4 is 17.0 Å². The first-order valence-electron chi connectivity index (χ1n) is 5.74. The average molecular weight is 269 g/mol. The number of esters is 1. The van der Waals surface area contributed by atoms with E-state index in [0.717, 1.165) is 16.9 Å². The largest absolute Gasteiger partial charge is 1.00 e. The SMILES string of the molecule is CCOC(=O)Cn1c(C)[n+](C)c2ccccc21.[Cl-]. The number of halogens is 1. The molecule has 5 heteroatoms. The molecule has 0 atom stereocenters. The number of rotatable bonds is 3. The van der Waals surface area contributed by atoms with Crippen LogP contribution >= 0.6 is 0 Å². The zero-order valence-corrected chi connectivity index (χ0v) is 11.6. The minimum atomic E-state index is -0.197. The highest BCUT2D eigenvalue weighted by molar-refractivity contribution is 5.76. The molecular weight excluding hydrogens is 252 g/mol. The van der Waals surface area contributed by atoms with Crippen LogP contribution in [0.15, 0.2) is 24.3 Å². The second-order valence-corrected chi connectivity index (χ2v) is 3.99. The molecule has 0 unspecified atom stereocenters. The molecule has 4 nitrogen and oxygen atoms in total. The summed E-state index contributed by atoms with van der Waals surface area (Å²) in [5.74, 6) is 0.844. The molecule has 0 saturated heterocycles. The van der Waals surface area contributed by atoms with E-state index in [4.69, 9.17) is 4.74 Å². The predicted octanol–water partition coefficient (Wildman–Crippen LogP) is -1.66. The summed E-state index contributed by atoms with van der Waals surface area (Å²) in [6.07, 6.45) is 0. The van der Waals surface area contributed by atoms with Crippen molar-refractivity contribution in [1.29, 1.82) is 0 Å². The van der Waals surface area contributed by atoms with Crippen molar-refractivity contribution in [1.82, 2.24) is 4.57 Å². The summed E-state index contributed by atoms with van der Waals surface area (Å²) < 4.78 is 9.05. The van der Waals surface area contributed by atoms with Gasteiger partial charge in [-0.05, 0) is 19.1 Å². The lowest BCUT2D eigenvalue weighted by Gasteiger charge is -2.00. The Balaban J connectivity index is 0.00000162. The molecule has 0 radical (unpaired) electrons. The first kappa shape index (κ1) is 14.5. The maximum atomic E-state index is 11.6. The maximum Gasteiger partial charge on any atom is 0.348 e. The van der Waals surface area contributed by atoms with E-state index in [0.29, 0.717) is 6.61 Å². The third-order valence-electron chi connectivity index (χ3n) is 3.00. The molecule has 18 heavy (non-hydrogen) atoms. The fourth-order valence-corrected chi connectivity index (χ4v) is 2.04. The van der Waals surface area contributed by atoms with Crippen LogP contribution in [0.4, 0.5) is 0 Å². The van der Waals surface area contributed by atoms with Gasteiger partial charge in [0, 0.05) is 6.92 Å². The normalized spacial score (nSPS) is 10.2. The number of benzene rings is 1. The molecule has 0 amide bonds. The molecule has 1 aromatic heterocycles. The van der Waals surface area contributed by atoms with Crippen LogP contribution in [0.3, 0.4) is 0 Å². The fourth-order valence-electron chi connectivity index (χ4n) is 2.04. The molecule has 0 bridgehead atoms. The van der Waals surface area contributed by atoms with E-state index in [1.54, 1.807) is 0 Å². The minimum Gasteiger partial charge on any atom is -1.00 e. The quantitative estimate of drug-likeness (QED) is 0.494. The summed E-state index contributed by atoms with van der Waals surface area (Å²) in [5.41, 5.74) is 2.18. The predicted molar refractivity (Wildman–Crippen MR) is 64.5 cm³/mol. The Morgan fingerprint density at radius 2 is 2.06 bits per heavy atom. The highest BCUT2D eigenvalue weighted by atomic mass is 35.5. The summed E-state index contributed by atoms with van der Waals surface area (Å²) in [4.78, 5) is 11.6. The van der Waals surface area contributed by atoms with Gasteiger partial charge in [-0.2, -0.15) is 0 Å². The van der Waals surface area contributed by atoms with Crippen molar-refractivity contribution >= 4 is 17.0 Å². The average Bonchev–Trinajstić information content (AvgIpc) is 2.56. The number of aromatic nitrogens is 2. The first-order chi connectivity index (χ1) is 8.15. The molecule has 0 aliphatic rings. The molecule has 0 spiro atoms. The number of hydrogen-bond acceptors (Lipinski definition) is 2. The summed E-state index contributed by atoms with van der Waals surface area (Å²) in [5, 5.41) is 0. The smallest absolute Gasteiger partial charge is 0.348 e. The maximum absolute atomic E-state index is 11.6. The van der Waals surface area contributed by atoms with Crippen molar-refractivity contribution in [2.45, 2.75) is 20.4 Å². The number of fused-ring (bicyclic) bond motifs is 1. The van der Waals surface area contributed by atoms with Crippen LogP contribution in [0.2, 0.25) is 0 Å². The molecule has 0 aliphatic carbocycles. The number of carbonyl (C=O) groups excluding carboxylic acids is 1. The van der Waals surface area contributed by atoms with E-state index in [-0.39, 0.29) is 24.9 Å². The van der Waals surface area contributed by atoms with E-state index >= 15 is 0 Å². The van der Waals surface area contributed by atoms with Crippen molar-refractivity contribution in [3.63, 3.8) is 0 Å². The van der Waals surface area contributed by atoms with Gasteiger partial charge in [0.1, 0.15) is 0 Å². The summed E-state index contributed by atoms with van der Waals surface area (Å²) in [6.45, 7) is 4.50. The third kappa shape index (κ3) is 2.48. The number of ether oxygens (including phenoxy) is 1. The van der Waals surface area contributed by atoms with Crippen LogP contribution in [-0.4, -0.2) is 17.1 Å². The van der Waals surface area contributed by atoms with Crippen molar-refractivity contribution in [2.24, 2.45) is 7.05 Å². The minimum absolute atomic E-state index is 0. The zero-order chi connectivity index (χ0) is 12.4. The topological polar surface area (TPSA) is 35.1 Å². The summed E-state index contributed by atoms with van der Waals surface area (Å²) >= 11 is 0. The number of imidazole rings is 1. The monoisotopic (exact) mass is 268 g/mol. The Labute approximate surface area is 113 Å². The van der Waals surface area contributed by atoms with Gasteiger partial charge < -0.3 is 17.1 Å².